The molecule has 0 aliphatic carbocycles. The van der Waals surface area contributed by atoms with E-state index in [1.165, 1.54) is 0 Å². The zero-order valence-electron chi connectivity index (χ0n) is 8.36. The molecule has 1 aromatic rings. The van der Waals surface area contributed by atoms with Crippen LogP contribution in [0.4, 0.5) is 19.0 Å². The predicted molar refractivity (Wildman–Crippen MR) is 54.9 cm³/mol. The van der Waals surface area contributed by atoms with Gasteiger partial charge in [-0.15, -0.1) is 13.2 Å². The summed E-state index contributed by atoms with van der Waals surface area (Å²) in [5, 5.41) is 19.0. The van der Waals surface area contributed by atoms with Crippen LogP contribution in [0.2, 0.25) is 0 Å². The fraction of sp³-hybridized carbons (Fsp3) is 0.250. The number of ether oxygens (including phenoxy) is 1. The maximum atomic E-state index is 12.2. The third kappa shape index (κ3) is 3.07. The molecular weight excluding hydrogens is 323 g/mol. The second-order valence-corrected chi connectivity index (χ2v) is 3.41. The first-order chi connectivity index (χ1) is 8.30. The number of alkyl halides is 4. The molecule has 18 heavy (non-hydrogen) atoms. The van der Waals surface area contributed by atoms with E-state index in [-0.39, 0.29) is 16.5 Å². The highest BCUT2D eigenvalue weighted by Gasteiger charge is 2.37. The number of nitriles is 1. The molecule has 0 saturated carbocycles. The second kappa shape index (κ2) is 5.18. The molecule has 0 radical (unpaired) electrons. The van der Waals surface area contributed by atoms with Gasteiger partial charge >= 0.3 is 12.2 Å². The quantitative estimate of drug-likeness (QED) is 0.484. The van der Waals surface area contributed by atoms with Gasteiger partial charge in [0.15, 0.2) is 6.20 Å². The Morgan fingerprint density at radius 3 is 2.61 bits per heavy atom. The summed E-state index contributed by atoms with van der Waals surface area (Å²) in [5.41, 5.74) is -0.520. The molecule has 0 fully saturated rings. The largest absolute Gasteiger partial charge is 0.573 e. The third-order valence-electron chi connectivity index (χ3n) is 1.76. The van der Waals surface area contributed by atoms with Gasteiger partial charge < -0.3 is 14.9 Å². The van der Waals surface area contributed by atoms with Crippen LogP contribution in [0.25, 0.3) is 0 Å². The fourth-order valence-electron chi connectivity index (χ4n) is 1.10. The van der Waals surface area contributed by atoms with Gasteiger partial charge in [-0.05, 0) is 9.91 Å². The van der Waals surface area contributed by atoms with Crippen LogP contribution >= 0.6 is 15.9 Å². The maximum absolute atomic E-state index is 12.2. The van der Waals surface area contributed by atoms with Crippen LogP contribution < -0.4 is 4.74 Å². The van der Waals surface area contributed by atoms with Crippen LogP contribution in [0.3, 0.4) is 0 Å². The molecular formula is C8H3BrF3N3O3. The summed E-state index contributed by atoms with van der Waals surface area (Å²) in [6.45, 7) is 0. The lowest BCUT2D eigenvalue weighted by molar-refractivity contribution is -0.393. The van der Waals surface area contributed by atoms with Crippen LogP contribution in [0.15, 0.2) is 6.20 Å². The maximum Gasteiger partial charge on any atom is 0.573 e. The molecule has 0 atom stereocenters. The topological polar surface area (TPSA) is 89.0 Å². The second-order valence-electron chi connectivity index (χ2n) is 2.85. The van der Waals surface area contributed by atoms with Crippen molar-refractivity contribution < 1.29 is 22.8 Å². The minimum atomic E-state index is -5.11. The van der Waals surface area contributed by atoms with Crippen molar-refractivity contribution in [2.24, 2.45) is 0 Å². The molecule has 6 nitrogen and oxygen atoms in total. The molecule has 0 N–H and O–H groups in total. The summed E-state index contributed by atoms with van der Waals surface area (Å²) >= 11 is 2.84. The smallest absolute Gasteiger partial charge is 0.396 e. The first-order valence-corrected chi connectivity index (χ1v) is 5.30. The lowest BCUT2D eigenvalue weighted by atomic mass is 10.1. The van der Waals surface area contributed by atoms with Gasteiger partial charge in [-0.3, -0.25) is 0 Å². The molecule has 0 aliphatic heterocycles. The van der Waals surface area contributed by atoms with E-state index in [4.69, 9.17) is 5.26 Å². The van der Waals surface area contributed by atoms with Crippen molar-refractivity contribution in [2.45, 2.75) is 11.7 Å². The lowest BCUT2D eigenvalue weighted by Crippen LogP contribution is -2.19. The van der Waals surface area contributed by atoms with Crippen LogP contribution in [-0.4, -0.2) is 16.3 Å². The van der Waals surface area contributed by atoms with Crippen LogP contribution in [-0.2, 0) is 5.33 Å². The van der Waals surface area contributed by atoms with Gasteiger partial charge in [-0.1, -0.05) is 15.9 Å². The number of hydrogen-bond acceptors (Lipinski definition) is 5. The number of pyridine rings is 1. The Labute approximate surface area is 106 Å². The third-order valence-corrected chi connectivity index (χ3v) is 2.32. The van der Waals surface area contributed by atoms with Gasteiger partial charge in [0.1, 0.15) is 11.6 Å². The van der Waals surface area contributed by atoms with Gasteiger partial charge in [0.05, 0.1) is 0 Å². The molecule has 1 heterocycles. The number of aromatic nitrogens is 1. The Hall–Kier alpha value is -1.89. The highest BCUT2D eigenvalue weighted by molar-refractivity contribution is 9.08. The summed E-state index contributed by atoms with van der Waals surface area (Å²) in [7, 11) is 0. The van der Waals surface area contributed by atoms with Crippen molar-refractivity contribution in [1.82, 2.24) is 4.98 Å². The van der Waals surface area contributed by atoms with Crippen molar-refractivity contribution in [1.29, 1.82) is 5.26 Å². The fourth-order valence-corrected chi connectivity index (χ4v) is 1.66. The Kier molecular flexibility index (Phi) is 4.07. The van der Waals surface area contributed by atoms with Crippen molar-refractivity contribution in [3.63, 3.8) is 0 Å². The number of halogens is 4. The Morgan fingerprint density at radius 2 is 2.22 bits per heavy atom. The highest BCUT2D eigenvalue weighted by atomic mass is 79.9. The SMILES string of the molecule is N#Cc1cnc([N+](=O)[O-])c(OC(F)(F)F)c1CBr. The predicted octanol–water partition coefficient (Wildman–Crippen LogP) is 2.65. The molecule has 1 aromatic heterocycles. The summed E-state index contributed by atoms with van der Waals surface area (Å²) in [5.74, 6) is -2.18. The molecule has 0 aliphatic rings. The van der Waals surface area contributed by atoms with Gasteiger partial charge in [0, 0.05) is 10.9 Å². The van der Waals surface area contributed by atoms with Crippen molar-refractivity contribution in [2.75, 3.05) is 0 Å². The molecule has 0 saturated heterocycles. The standard InChI is InChI=1S/C8H3BrF3N3O3/c9-1-5-4(2-13)3-14-7(15(16)17)6(5)18-8(10,11)12/h3H,1H2. The van der Waals surface area contributed by atoms with Crippen LogP contribution in [0.1, 0.15) is 11.1 Å². The van der Waals surface area contributed by atoms with E-state index in [1.807, 2.05) is 0 Å². The van der Waals surface area contributed by atoms with E-state index in [0.29, 0.717) is 0 Å². The monoisotopic (exact) mass is 325 g/mol. The minimum absolute atomic E-state index is 0.218. The summed E-state index contributed by atoms with van der Waals surface area (Å²) in [4.78, 5) is 12.6. The highest BCUT2D eigenvalue weighted by Crippen LogP contribution is 2.36. The molecule has 96 valence electrons. The number of hydrogen-bond donors (Lipinski definition) is 0. The van der Waals surface area contributed by atoms with E-state index in [1.54, 1.807) is 6.07 Å². The molecule has 0 amide bonds. The average molecular weight is 326 g/mol. The Morgan fingerprint density at radius 1 is 1.61 bits per heavy atom. The zero-order chi connectivity index (χ0) is 13.9. The normalized spacial score (nSPS) is 10.8. The number of nitro groups is 1. The van der Waals surface area contributed by atoms with E-state index in [9.17, 15) is 23.3 Å². The molecule has 0 aromatic carbocycles. The van der Waals surface area contributed by atoms with Crippen molar-refractivity contribution in [3.05, 3.63) is 27.4 Å². The average Bonchev–Trinajstić information content (AvgIpc) is 2.25. The van der Waals surface area contributed by atoms with Crippen molar-refractivity contribution >= 4 is 21.7 Å². The minimum Gasteiger partial charge on any atom is -0.396 e. The van der Waals surface area contributed by atoms with E-state index in [0.717, 1.165) is 6.20 Å². The van der Waals surface area contributed by atoms with Gasteiger partial charge in [-0.2, -0.15) is 5.26 Å². The number of nitrogens with zero attached hydrogens (tertiary/aromatic N) is 3. The zero-order valence-corrected chi connectivity index (χ0v) is 9.95. The molecule has 0 unspecified atom stereocenters. The lowest BCUT2D eigenvalue weighted by Gasteiger charge is -2.12. The molecule has 10 heteroatoms. The summed E-state index contributed by atoms with van der Waals surface area (Å²) < 4.78 is 40.1. The summed E-state index contributed by atoms with van der Waals surface area (Å²) in [6.07, 6.45) is -4.30. The van der Waals surface area contributed by atoms with Crippen LogP contribution in [0.5, 0.6) is 5.75 Å². The molecule has 1 rings (SSSR count). The molecule has 0 bridgehead atoms. The van der Waals surface area contributed by atoms with E-state index in [2.05, 4.69) is 25.7 Å². The van der Waals surface area contributed by atoms with Gasteiger partial charge in [-0.25, -0.2) is 0 Å². The van der Waals surface area contributed by atoms with Gasteiger partial charge in [0.2, 0.25) is 5.75 Å². The first kappa shape index (κ1) is 14.2. The number of rotatable bonds is 3. The first-order valence-electron chi connectivity index (χ1n) is 4.18. The Balaban J connectivity index is 3.49. The Bertz CT molecular complexity index is 527. The molecule has 0 spiro atoms. The van der Waals surface area contributed by atoms with E-state index < -0.39 is 22.9 Å². The van der Waals surface area contributed by atoms with E-state index >= 15 is 0 Å². The van der Waals surface area contributed by atoms with Crippen LogP contribution in [0, 0.1) is 21.4 Å². The summed E-state index contributed by atoms with van der Waals surface area (Å²) in [6, 6.07) is 1.58. The van der Waals surface area contributed by atoms with Gasteiger partial charge in [0.25, 0.3) is 0 Å². The van der Waals surface area contributed by atoms with Crippen molar-refractivity contribution in [3.8, 4) is 11.8 Å².